The summed E-state index contributed by atoms with van der Waals surface area (Å²) in [6.45, 7) is 8.53. The highest BCUT2D eigenvalue weighted by molar-refractivity contribution is 5.95. The molecule has 1 aliphatic heterocycles. The van der Waals surface area contributed by atoms with Gasteiger partial charge < -0.3 is 11.1 Å². The third-order valence-electron chi connectivity index (χ3n) is 2.94. The average Bonchev–Trinajstić information content (AvgIpc) is 2.08. The summed E-state index contributed by atoms with van der Waals surface area (Å²) >= 11 is 0. The molecule has 1 rings (SSSR count). The normalized spacial score (nSPS) is 22.4. The zero-order valence-corrected chi connectivity index (χ0v) is 11.6. The standard InChI is InChI=1S/C12H24N4O2/c1-11(2)6-8(7-12(3,4)16-11)14-15-10(18)5-9(13)17/h8,14,16H,5-7H2,1-4H3,(H2,13,17)(H,15,18). The summed E-state index contributed by atoms with van der Waals surface area (Å²) in [5.74, 6) is -1.02. The number of hydrogen-bond donors (Lipinski definition) is 4. The molecular weight excluding hydrogens is 232 g/mol. The summed E-state index contributed by atoms with van der Waals surface area (Å²) < 4.78 is 0. The van der Waals surface area contributed by atoms with Crippen LogP contribution in [0.5, 0.6) is 0 Å². The first-order valence-corrected chi connectivity index (χ1v) is 6.22. The molecular formula is C12H24N4O2. The number of nitrogens with two attached hydrogens (primary N) is 1. The third-order valence-corrected chi connectivity index (χ3v) is 2.94. The zero-order valence-electron chi connectivity index (χ0n) is 11.6. The number of rotatable bonds is 4. The molecule has 0 aromatic rings. The van der Waals surface area contributed by atoms with Crippen LogP contribution in [0.3, 0.4) is 0 Å². The Morgan fingerprint density at radius 3 is 2.17 bits per heavy atom. The molecule has 0 atom stereocenters. The first-order valence-electron chi connectivity index (χ1n) is 6.22. The summed E-state index contributed by atoms with van der Waals surface area (Å²) in [5.41, 5.74) is 10.5. The minimum atomic E-state index is -0.625. The van der Waals surface area contributed by atoms with E-state index in [0.717, 1.165) is 12.8 Å². The minimum absolute atomic E-state index is 0.00777. The summed E-state index contributed by atoms with van der Waals surface area (Å²) in [5, 5.41) is 3.55. The second-order valence-corrected chi connectivity index (χ2v) is 6.33. The van der Waals surface area contributed by atoms with Gasteiger partial charge in [-0.05, 0) is 40.5 Å². The van der Waals surface area contributed by atoms with Crippen LogP contribution in [0.4, 0.5) is 0 Å². The Bertz CT molecular complexity index is 323. The lowest BCUT2D eigenvalue weighted by Gasteiger charge is -2.46. The molecule has 0 spiro atoms. The van der Waals surface area contributed by atoms with Gasteiger partial charge in [-0.15, -0.1) is 0 Å². The van der Waals surface area contributed by atoms with Crippen LogP contribution in [-0.4, -0.2) is 28.9 Å². The van der Waals surface area contributed by atoms with E-state index in [1.807, 2.05) is 0 Å². The van der Waals surface area contributed by atoms with Crippen LogP contribution in [0, 0.1) is 0 Å². The van der Waals surface area contributed by atoms with E-state index in [-0.39, 0.29) is 23.5 Å². The van der Waals surface area contributed by atoms with Crippen molar-refractivity contribution in [1.82, 2.24) is 16.2 Å². The largest absolute Gasteiger partial charge is 0.369 e. The van der Waals surface area contributed by atoms with Gasteiger partial charge in [-0.3, -0.25) is 15.0 Å². The van der Waals surface area contributed by atoms with Gasteiger partial charge in [0.25, 0.3) is 0 Å². The van der Waals surface area contributed by atoms with E-state index in [4.69, 9.17) is 5.73 Å². The SMILES string of the molecule is CC1(C)CC(NNC(=O)CC(N)=O)CC(C)(C)N1. The summed E-state index contributed by atoms with van der Waals surface area (Å²) in [7, 11) is 0. The molecule has 0 radical (unpaired) electrons. The minimum Gasteiger partial charge on any atom is -0.369 e. The van der Waals surface area contributed by atoms with E-state index < -0.39 is 11.8 Å². The molecule has 0 aromatic carbocycles. The van der Waals surface area contributed by atoms with Gasteiger partial charge in [0.1, 0.15) is 6.42 Å². The van der Waals surface area contributed by atoms with Crippen molar-refractivity contribution < 1.29 is 9.59 Å². The molecule has 18 heavy (non-hydrogen) atoms. The Hall–Kier alpha value is -1.14. The van der Waals surface area contributed by atoms with Crippen molar-refractivity contribution in [3.05, 3.63) is 0 Å². The van der Waals surface area contributed by atoms with Crippen molar-refractivity contribution in [2.24, 2.45) is 5.73 Å². The van der Waals surface area contributed by atoms with Gasteiger partial charge in [-0.1, -0.05) is 0 Å². The molecule has 0 saturated carbocycles. The van der Waals surface area contributed by atoms with Crippen LogP contribution in [0.25, 0.3) is 0 Å². The smallest absolute Gasteiger partial charge is 0.243 e. The third kappa shape index (κ3) is 5.01. The quantitative estimate of drug-likeness (QED) is 0.413. The molecule has 0 bridgehead atoms. The number of amides is 2. The second kappa shape index (κ2) is 5.24. The second-order valence-electron chi connectivity index (χ2n) is 6.33. The Labute approximate surface area is 108 Å². The Balaban J connectivity index is 2.47. The molecule has 104 valence electrons. The molecule has 1 heterocycles. The Morgan fingerprint density at radius 2 is 1.72 bits per heavy atom. The Morgan fingerprint density at radius 1 is 1.22 bits per heavy atom. The highest BCUT2D eigenvalue weighted by atomic mass is 16.2. The van der Waals surface area contributed by atoms with E-state index in [9.17, 15) is 9.59 Å². The van der Waals surface area contributed by atoms with Crippen LogP contribution in [0.15, 0.2) is 0 Å². The first kappa shape index (κ1) is 14.9. The van der Waals surface area contributed by atoms with E-state index in [2.05, 4.69) is 43.9 Å². The number of carbonyl (C=O) groups excluding carboxylic acids is 2. The molecule has 0 unspecified atom stereocenters. The molecule has 2 amide bonds. The summed E-state index contributed by atoms with van der Waals surface area (Å²) in [6.07, 6.45) is 1.51. The van der Waals surface area contributed by atoms with E-state index in [1.165, 1.54) is 0 Å². The average molecular weight is 256 g/mol. The molecule has 0 aromatic heterocycles. The molecule has 1 fully saturated rings. The number of carbonyl (C=O) groups is 2. The van der Waals surface area contributed by atoms with Crippen molar-refractivity contribution >= 4 is 11.8 Å². The van der Waals surface area contributed by atoms with Crippen LogP contribution in [-0.2, 0) is 9.59 Å². The molecule has 1 aliphatic rings. The highest BCUT2D eigenvalue weighted by Crippen LogP contribution is 2.28. The van der Waals surface area contributed by atoms with Crippen molar-refractivity contribution in [2.45, 2.75) is 64.1 Å². The van der Waals surface area contributed by atoms with E-state index in [0.29, 0.717) is 0 Å². The van der Waals surface area contributed by atoms with Gasteiger partial charge in [-0.25, -0.2) is 5.43 Å². The fourth-order valence-electron chi connectivity index (χ4n) is 2.81. The van der Waals surface area contributed by atoms with Crippen LogP contribution in [0.2, 0.25) is 0 Å². The van der Waals surface area contributed by atoms with Gasteiger partial charge in [0.05, 0.1) is 0 Å². The Kier molecular flexibility index (Phi) is 4.34. The molecule has 5 N–H and O–H groups in total. The predicted molar refractivity (Wildman–Crippen MR) is 69.4 cm³/mol. The molecule has 6 nitrogen and oxygen atoms in total. The lowest BCUT2D eigenvalue weighted by Crippen LogP contribution is -2.63. The van der Waals surface area contributed by atoms with E-state index in [1.54, 1.807) is 0 Å². The maximum absolute atomic E-state index is 11.3. The maximum Gasteiger partial charge on any atom is 0.243 e. The number of piperidine rings is 1. The van der Waals surface area contributed by atoms with Gasteiger partial charge in [0.15, 0.2) is 0 Å². The van der Waals surface area contributed by atoms with E-state index >= 15 is 0 Å². The molecule has 1 saturated heterocycles. The monoisotopic (exact) mass is 256 g/mol. The molecule has 0 aliphatic carbocycles. The number of primary amides is 1. The van der Waals surface area contributed by atoms with Crippen LogP contribution in [0.1, 0.15) is 47.0 Å². The zero-order chi connectivity index (χ0) is 14.0. The number of nitrogens with one attached hydrogen (secondary N) is 3. The predicted octanol–water partition coefficient (Wildman–Crippen LogP) is -0.208. The highest BCUT2D eigenvalue weighted by Gasteiger charge is 2.37. The van der Waals surface area contributed by atoms with Crippen molar-refractivity contribution in [3.8, 4) is 0 Å². The fraction of sp³-hybridized carbons (Fsp3) is 0.833. The first-order chi connectivity index (χ1) is 8.10. The lowest BCUT2D eigenvalue weighted by atomic mass is 9.80. The fourth-order valence-corrected chi connectivity index (χ4v) is 2.81. The van der Waals surface area contributed by atoms with Gasteiger partial charge in [0.2, 0.25) is 11.8 Å². The topological polar surface area (TPSA) is 96.2 Å². The van der Waals surface area contributed by atoms with Crippen molar-refractivity contribution in [1.29, 1.82) is 0 Å². The van der Waals surface area contributed by atoms with Gasteiger partial charge >= 0.3 is 0 Å². The maximum atomic E-state index is 11.3. The lowest BCUT2D eigenvalue weighted by molar-refractivity contribution is -0.128. The van der Waals surface area contributed by atoms with Gasteiger partial charge in [-0.2, -0.15) is 0 Å². The number of hydrogen-bond acceptors (Lipinski definition) is 4. The molecule has 6 heteroatoms. The summed E-state index contributed by atoms with van der Waals surface area (Å²) in [6, 6.07) is 0.174. The number of hydrazine groups is 1. The van der Waals surface area contributed by atoms with Crippen LogP contribution < -0.4 is 21.9 Å². The van der Waals surface area contributed by atoms with Crippen molar-refractivity contribution in [3.63, 3.8) is 0 Å². The summed E-state index contributed by atoms with van der Waals surface area (Å²) in [4.78, 5) is 21.9. The van der Waals surface area contributed by atoms with Crippen LogP contribution >= 0.6 is 0 Å². The van der Waals surface area contributed by atoms with Gasteiger partial charge in [0, 0.05) is 17.1 Å². The van der Waals surface area contributed by atoms with Crippen molar-refractivity contribution in [2.75, 3.05) is 0 Å².